The van der Waals surface area contributed by atoms with Crippen LogP contribution in [0.3, 0.4) is 0 Å². The number of hydrogen-bond acceptors (Lipinski definition) is 1. The number of benzene rings is 2. The molecule has 1 nitrogen and oxygen atoms in total. The van der Waals surface area contributed by atoms with E-state index in [1.54, 1.807) is 7.05 Å². The second kappa shape index (κ2) is 5.96. The van der Waals surface area contributed by atoms with Gasteiger partial charge < -0.3 is 5.32 Å². The van der Waals surface area contributed by atoms with Crippen LogP contribution in [0.25, 0.3) is 0 Å². The third-order valence-corrected chi connectivity index (χ3v) is 4.57. The van der Waals surface area contributed by atoms with Crippen LogP contribution >= 0.6 is 22.6 Å². The summed E-state index contributed by atoms with van der Waals surface area (Å²) in [6, 6.07) is 9.32. The first kappa shape index (κ1) is 14.4. The maximum atomic E-state index is 13.9. The van der Waals surface area contributed by atoms with Crippen molar-refractivity contribution >= 4 is 22.6 Å². The highest BCUT2D eigenvalue weighted by Crippen LogP contribution is 2.29. The molecule has 0 spiro atoms. The fraction of sp³-hybridized carbons (Fsp3) is 0.200. The van der Waals surface area contributed by atoms with E-state index in [2.05, 4.69) is 27.9 Å². The van der Waals surface area contributed by atoms with Crippen molar-refractivity contribution in [2.75, 3.05) is 7.05 Å². The summed E-state index contributed by atoms with van der Waals surface area (Å²) in [6.45, 7) is 2.01. The van der Waals surface area contributed by atoms with Crippen molar-refractivity contribution in [1.29, 1.82) is 0 Å². The zero-order chi connectivity index (χ0) is 14.0. The summed E-state index contributed by atoms with van der Waals surface area (Å²) in [5.41, 5.74) is 2.59. The Morgan fingerprint density at radius 1 is 1.11 bits per heavy atom. The Morgan fingerprint density at radius 2 is 1.84 bits per heavy atom. The molecule has 2 aromatic rings. The lowest BCUT2D eigenvalue weighted by Gasteiger charge is -2.20. The number of nitrogens with one attached hydrogen (secondary N) is 1. The van der Waals surface area contributed by atoms with Crippen LogP contribution in [-0.2, 0) is 0 Å². The molecule has 4 heteroatoms. The molecule has 1 N–H and O–H groups in total. The molecule has 1 unspecified atom stereocenters. The van der Waals surface area contributed by atoms with Gasteiger partial charge in [-0.15, -0.1) is 0 Å². The molecular formula is C15H14F2IN. The Kier molecular flexibility index (Phi) is 4.52. The number of halogens is 3. The average Bonchev–Trinajstić information content (AvgIpc) is 2.37. The molecule has 0 bridgehead atoms. The molecule has 0 amide bonds. The van der Waals surface area contributed by atoms with Gasteiger partial charge >= 0.3 is 0 Å². The molecule has 100 valence electrons. The van der Waals surface area contributed by atoms with Gasteiger partial charge in [-0.05, 0) is 53.8 Å². The molecule has 0 saturated heterocycles. The average molecular weight is 373 g/mol. The second-order valence-corrected chi connectivity index (χ2v) is 5.44. The van der Waals surface area contributed by atoms with E-state index in [1.807, 2.05) is 25.1 Å². The minimum absolute atomic E-state index is 0.285. The van der Waals surface area contributed by atoms with Crippen LogP contribution in [0.1, 0.15) is 22.7 Å². The van der Waals surface area contributed by atoms with E-state index in [0.717, 1.165) is 20.8 Å². The fourth-order valence-electron chi connectivity index (χ4n) is 2.11. The van der Waals surface area contributed by atoms with Gasteiger partial charge in [-0.3, -0.25) is 0 Å². The summed E-state index contributed by atoms with van der Waals surface area (Å²) in [5, 5.41) is 3.10. The zero-order valence-electron chi connectivity index (χ0n) is 10.7. The van der Waals surface area contributed by atoms with E-state index in [-0.39, 0.29) is 6.04 Å². The molecule has 0 aliphatic carbocycles. The van der Waals surface area contributed by atoms with Crippen molar-refractivity contribution in [3.8, 4) is 0 Å². The van der Waals surface area contributed by atoms with Crippen LogP contribution < -0.4 is 5.32 Å². The Labute approximate surface area is 125 Å². The summed E-state index contributed by atoms with van der Waals surface area (Å²) < 4.78 is 28.0. The zero-order valence-corrected chi connectivity index (χ0v) is 12.8. The Morgan fingerprint density at radius 3 is 2.47 bits per heavy atom. The summed E-state index contributed by atoms with van der Waals surface area (Å²) in [6.07, 6.45) is 0. The topological polar surface area (TPSA) is 12.0 Å². The predicted molar refractivity (Wildman–Crippen MR) is 81.2 cm³/mol. The molecule has 2 aromatic carbocycles. The number of hydrogen-bond donors (Lipinski definition) is 1. The molecule has 19 heavy (non-hydrogen) atoms. The molecule has 0 heterocycles. The minimum atomic E-state index is -0.560. The van der Waals surface area contributed by atoms with Crippen LogP contribution in [0.5, 0.6) is 0 Å². The van der Waals surface area contributed by atoms with Gasteiger partial charge in [-0.1, -0.05) is 24.3 Å². The van der Waals surface area contributed by atoms with Gasteiger partial charge in [0.25, 0.3) is 0 Å². The Balaban J connectivity index is 2.53. The molecular weight excluding hydrogens is 359 g/mol. The summed E-state index contributed by atoms with van der Waals surface area (Å²) in [7, 11) is 1.77. The van der Waals surface area contributed by atoms with Gasteiger partial charge in [0.1, 0.15) is 11.6 Å². The smallest absolute Gasteiger partial charge is 0.131 e. The maximum absolute atomic E-state index is 13.9. The lowest BCUT2D eigenvalue weighted by atomic mass is 9.97. The quantitative estimate of drug-likeness (QED) is 0.796. The monoisotopic (exact) mass is 373 g/mol. The molecule has 0 fully saturated rings. The van der Waals surface area contributed by atoms with E-state index < -0.39 is 11.6 Å². The minimum Gasteiger partial charge on any atom is -0.309 e. The molecule has 0 aromatic heterocycles. The largest absolute Gasteiger partial charge is 0.309 e. The number of rotatable bonds is 3. The molecule has 1 atom stereocenters. The standard InChI is InChI=1S/C15H14F2IN/c1-9-4-3-5-12(14(9)18)15(19-2)11-7-6-10(16)8-13(11)17/h3-8,15,19H,1-2H3. The van der Waals surface area contributed by atoms with E-state index in [4.69, 9.17) is 0 Å². The van der Waals surface area contributed by atoms with Crippen LogP contribution in [0.15, 0.2) is 36.4 Å². The van der Waals surface area contributed by atoms with E-state index in [9.17, 15) is 8.78 Å². The van der Waals surface area contributed by atoms with Crippen molar-refractivity contribution < 1.29 is 8.78 Å². The van der Waals surface area contributed by atoms with Crippen molar-refractivity contribution in [1.82, 2.24) is 5.32 Å². The lowest BCUT2D eigenvalue weighted by molar-refractivity contribution is 0.551. The Hall–Kier alpha value is -1.01. The summed E-state index contributed by atoms with van der Waals surface area (Å²) in [5.74, 6) is -1.09. The normalized spacial score (nSPS) is 12.5. The Bertz CT molecular complexity index is 599. The van der Waals surface area contributed by atoms with Crippen molar-refractivity contribution in [3.05, 3.63) is 68.3 Å². The van der Waals surface area contributed by atoms with E-state index >= 15 is 0 Å². The molecule has 0 saturated carbocycles. The van der Waals surface area contributed by atoms with Gasteiger partial charge in [-0.25, -0.2) is 8.78 Å². The highest BCUT2D eigenvalue weighted by molar-refractivity contribution is 14.1. The van der Waals surface area contributed by atoms with E-state index in [0.29, 0.717) is 5.56 Å². The highest BCUT2D eigenvalue weighted by atomic mass is 127. The highest BCUT2D eigenvalue weighted by Gasteiger charge is 2.19. The van der Waals surface area contributed by atoms with Crippen LogP contribution in [-0.4, -0.2) is 7.05 Å². The third-order valence-electron chi connectivity index (χ3n) is 3.09. The van der Waals surface area contributed by atoms with Crippen LogP contribution in [0.2, 0.25) is 0 Å². The van der Waals surface area contributed by atoms with Crippen LogP contribution in [0, 0.1) is 22.1 Å². The van der Waals surface area contributed by atoms with Gasteiger partial charge in [0, 0.05) is 15.2 Å². The van der Waals surface area contributed by atoms with E-state index in [1.165, 1.54) is 12.1 Å². The predicted octanol–water partition coefficient (Wildman–Crippen LogP) is 4.19. The number of aryl methyl sites for hydroxylation is 1. The molecule has 2 rings (SSSR count). The first-order chi connectivity index (χ1) is 9.04. The first-order valence-corrected chi connectivity index (χ1v) is 6.99. The molecule has 0 aliphatic heterocycles. The summed E-state index contributed by atoms with van der Waals surface area (Å²) >= 11 is 2.25. The molecule has 0 aliphatic rings. The molecule has 0 radical (unpaired) electrons. The fourth-order valence-corrected chi connectivity index (χ4v) is 2.78. The van der Waals surface area contributed by atoms with Crippen molar-refractivity contribution in [2.45, 2.75) is 13.0 Å². The van der Waals surface area contributed by atoms with Gasteiger partial charge in [0.05, 0.1) is 6.04 Å². The second-order valence-electron chi connectivity index (χ2n) is 4.37. The van der Waals surface area contributed by atoms with Crippen molar-refractivity contribution in [2.24, 2.45) is 0 Å². The maximum Gasteiger partial charge on any atom is 0.131 e. The first-order valence-electron chi connectivity index (χ1n) is 5.92. The van der Waals surface area contributed by atoms with Crippen LogP contribution in [0.4, 0.5) is 8.78 Å². The lowest BCUT2D eigenvalue weighted by Crippen LogP contribution is -2.20. The van der Waals surface area contributed by atoms with Gasteiger partial charge in [0.15, 0.2) is 0 Å². The summed E-state index contributed by atoms with van der Waals surface area (Å²) in [4.78, 5) is 0. The van der Waals surface area contributed by atoms with Crippen molar-refractivity contribution in [3.63, 3.8) is 0 Å². The van der Waals surface area contributed by atoms with Gasteiger partial charge in [0.2, 0.25) is 0 Å². The SMILES string of the molecule is CNC(c1ccc(F)cc1F)c1cccc(C)c1I. The van der Waals surface area contributed by atoms with Gasteiger partial charge in [-0.2, -0.15) is 0 Å². The third kappa shape index (κ3) is 2.95.